The fourth-order valence-electron chi connectivity index (χ4n) is 2.09. The molecule has 2 aromatic rings. The van der Waals surface area contributed by atoms with Gasteiger partial charge in [-0.1, -0.05) is 0 Å². The number of hydrogen-bond acceptors (Lipinski definition) is 3. The molecule has 6 heteroatoms. The zero-order valence-electron chi connectivity index (χ0n) is 11.9. The fourth-order valence-corrected chi connectivity index (χ4v) is 2.43. The number of aryl methyl sites for hydroxylation is 1. The van der Waals surface area contributed by atoms with Gasteiger partial charge in [0, 0.05) is 23.4 Å². The Bertz CT molecular complexity index is 677. The summed E-state index contributed by atoms with van der Waals surface area (Å²) in [5, 5.41) is 2.92. The van der Waals surface area contributed by atoms with Crippen LogP contribution in [0.2, 0.25) is 0 Å². The summed E-state index contributed by atoms with van der Waals surface area (Å²) in [7, 11) is 1.60. The highest BCUT2D eigenvalue weighted by molar-refractivity contribution is 9.10. The lowest BCUT2D eigenvalue weighted by Crippen LogP contribution is -2.07. The van der Waals surface area contributed by atoms with Crippen molar-refractivity contribution in [3.05, 3.63) is 51.3 Å². The molecule has 0 bridgehead atoms. The first-order chi connectivity index (χ1) is 9.93. The third kappa shape index (κ3) is 3.32. The SMILES string of the molecule is COc1c(C)cnc(CNc2cc(Br)c(F)cc2F)c1C. The highest BCUT2D eigenvalue weighted by Gasteiger charge is 2.11. The minimum absolute atomic E-state index is 0.206. The molecule has 0 atom stereocenters. The van der Waals surface area contributed by atoms with Gasteiger partial charge in [-0.3, -0.25) is 4.98 Å². The molecule has 112 valence electrons. The minimum Gasteiger partial charge on any atom is -0.496 e. The van der Waals surface area contributed by atoms with E-state index >= 15 is 0 Å². The molecule has 0 aliphatic heterocycles. The van der Waals surface area contributed by atoms with Gasteiger partial charge in [0.2, 0.25) is 0 Å². The van der Waals surface area contributed by atoms with Gasteiger partial charge in [0.25, 0.3) is 0 Å². The minimum atomic E-state index is -0.646. The van der Waals surface area contributed by atoms with Gasteiger partial charge < -0.3 is 10.1 Å². The van der Waals surface area contributed by atoms with Crippen molar-refractivity contribution in [2.24, 2.45) is 0 Å². The van der Waals surface area contributed by atoms with Crippen molar-refractivity contribution >= 4 is 21.6 Å². The topological polar surface area (TPSA) is 34.1 Å². The first-order valence-corrected chi connectivity index (χ1v) is 7.10. The molecule has 0 aliphatic rings. The summed E-state index contributed by atoms with van der Waals surface area (Å²) < 4.78 is 32.4. The Balaban J connectivity index is 2.23. The second-order valence-corrected chi connectivity index (χ2v) is 5.50. The van der Waals surface area contributed by atoms with Crippen LogP contribution < -0.4 is 10.1 Å². The normalized spacial score (nSPS) is 10.6. The fraction of sp³-hybridized carbons (Fsp3) is 0.267. The van der Waals surface area contributed by atoms with E-state index in [0.29, 0.717) is 6.54 Å². The lowest BCUT2D eigenvalue weighted by Gasteiger charge is -2.14. The van der Waals surface area contributed by atoms with Crippen molar-refractivity contribution in [1.82, 2.24) is 4.98 Å². The van der Waals surface area contributed by atoms with E-state index in [0.717, 1.165) is 28.6 Å². The summed E-state index contributed by atoms with van der Waals surface area (Å²) in [5.41, 5.74) is 2.79. The number of aromatic nitrogens is 1. The summed E-state index contributed by atoms with van der Waals surface area (Å²) in [6, 6.07) is 2.20. The van der Waals surface area contributed by atoms with E-state index in [9.17, 15) is 8.78 Å². The molecule has 3 nitrogen and oxygen atoms in total. The van der Waals surface area contributed by atoms with Gasteiger partial charge >= 0.3 is 0 Å². The van der Waals surface area contributed by atoms with Crippen molar-refractivity contribution in [2.45, 2.75) is 20.4 Å². The van der Waals surface area contributed by atoms with E-state index in [4.69, 9.17) is 4.74 Å². The van der Waals surface area contributed by atoms with Crippen LogP contribution in [0.1, 0.15) is 16.8 Å². The van der Waals surface area contributed by atoms with Gasteiger partial charge in [0.1, 0.15) is 17.4 Å². The smallest absolute Gasteiger partial charge is 0.149 e. The Morgan fingerprint density at radius 1 is 1.24 bits per heavy atom. The number of anilines is 1. The number of benzene rings is 1. The van der Waals surface area contributed by atoms with Crippen molar-refractivity contribution in [3.63, 3.8) is 0 Å². The average Bonchev–Trinajstić information content (AvgIpc) is 2.43. The lowest BCUT2D eigenvalue weighted by molar-refractivity contribution is 0.407. The van der Waals surface area contributed by atoms with Crippen LogP contribution in [0.25, 0.3) is 0 Å². The van der Waals surface area contributed by atoms with E-state index in [-0.39, 0.29) is 10.2 Å². The Hall–Kier alpha value is -1.69. The van der Waals surface area contributed by atoms with E-state index < -0.39 is 11.6 Å². The van der Waals surface area contributed by atoms with Gasteiger partial charge in [0.15, 0.2) is 0 Å². The summed E-state index contributed by atoms with van der Waals surface area (Å²) >= 11 is 3.04. The van der Waals surface area contributed by atoms with E-state index in [1.807, 2.05) is 13.8 Å². The molecule has 0 fully saturated rings. The number of methoxy groups -OCH3 is 1. The maximum atomic E-state index is 13.7. The number of nitrogens with zero attached hydrogens (tertiary/aromatic N) is 1. The Morgan fingerprint density at radius 2 is 1.95 bits per heavy atom. The van der Waals surface area contributed by atoms with Crippen LogP contribution in [0.4, 0.5) is 14.5 Å². The molecule has 1 aromatic carbocycles. The number of hydrogen-bond donors (Lipinski definition) is 1. The van der Waals surface area contributed by atoms with Gasteiger partial charge in [0.05, 0.1) is 29.5 Å². The molecule has 1 N–H and O–H groups in total. The van der Waals surface area contributed by atoms with Gasteiger partial charge in [-0.15, -0.1) is 0 Å². The average molecular weight is 357 g/mol. The van der Waals surface area contributed by atoms with Crippen LogP contribution in [0, 0.1) is 25.5 Å². The summed E-state index contributed by atoms with van der Waals surface area (Å²) in [5.74, 6) is -0.514. The number of rotatable bonds is 4. The molecule has 0 saturated heterocycles. The molecule has 0 radical (unpaired) electrons. The van der Waals surface area contributed by atoms with Crippen molar-refractivity contribution in [1.29, 1.82) is 0 Å². The Morgan fingerprint density at radius 3 is 2.62 bits per heavy atom. The molecule has 2 rings (SSSR count). The molecule has 1 heterocycles. The molecule has 1 aromatic heterocycles. The molecule has 0 saturated carbocycles. The largest absolute Gasteiger partial charge is 0.496 e. The molecule has 0 aliphatic carbocycles. The van der Waals surface area contributed by atoms with Crippen LogP contribution in [-0.2, 0) is 6.54 Å². The van der Waals surface area contributed by atoms with Gasteiger partial charge in [-0.25, -0.2) is 8.78 Å². The number of nitrogens with one attached hydrogen (secondary N) is 1. The second kappa shape index (κ2) is 6.39. The van der Waals surface area contributed by atoms with E-state index in [1.54, 1.807) is 13.3 Å². The Kier molecular flexibility index (Phi) is 4.77. The molecule has 21 heavy (non-hydrogen) atoms. The number of halogens is 3. The number of pyridine rings is 1. The summed E-state index contributed by atoms with van der Waals surface area (Å²) in [4.78, 5) is 4.32. The van der Waals surface area contributed by atoms with Crippen LogP contribution in [0.5, 0.6) is 5.75 Å². The summed E-state index contributed by atoms with van der Waals surface area (Å²) in [6.07, 6.45) is 1.71. The maximum Gasteiger partial charge on any atom is 0.149 e. The highest BCUT2D eigenvalue weighted by atomic mass is 79.9. The molecule has 0 amide bonds. The van der Waals surface area contributed by atoms with Crippen LogP contribution >= 0.6 is 15.9 Å². The molecule has 0 spiro atoms. The molecular formula is C15H15BrF2N2O. The lowest BCUT2D eigenvalue weighted by atomic mass is 10.1. The zero-order valence-corrected chi connectivity index (χ0v) is 13.5. The first kappa shape index (κ1) is 15.7. The summed E-state index contributed by atoms with van der Waals surface area (Å²) in [6.45, 7) is 4.12. The van der Waals surface area contributed by atoms with Crippen LogP contribution in [0.15, 0.2) is 22.8 Å². The van der Waals surface area contributed by atoms with Crippen molar-refractivity contribution < 1.29 is 13.5 Å². The van der Waals surface area contributed by atoms with E-state index in [2.05, 4.69) is 26.2 Å². The predicted molar refractivity (Wildman–Crippen MR) is 81.6 cm³/mol. The zero-order chi connectivity index (χ0) is 15.6. The first-order valence-electron chi connectivity index (χ1n) is 6.31. The van der Waals surface area contributed by atoms with E-state index in [1.165, 1.54) is 6.07 Å². The standard InChI is InChI=1S/C15H15BrF2N2O/c1-8-6-19-14(9(2)15(8)21-3)7-20-13-4-10(16)11(17)5-12(13)18/h4-6,20H,7H2,1-3H3. The van der Waals surface area contributed by atoms with Gasteiger partial charge in [-0.2, -0.15) is 0 Å². The quantitative estimate of drug-likeness (QED) is 0.826. The number of ether oxygens (including phenoxy) is 1. The van der Waals surface area contributed by atoms with Crippen molar-refractivity contribution in [2.75, 3.05) is 12.4 Å². The second-order valence-electron chi connectivity index (χ2n) is 4.65. The maximum absolute atomic E-state index is 13.7. The molecule has 0 unspecified atom stereocenters. The third-order valence-electron chi connectivity index (χ3n) is 3.21. The highest BCUT2D eigenvalue weighted by Crippen LogP contribution is 2.26. The Labute approximate surface area is 130 Å². The van der Waals surface area contributed by atoms with Crippen LogP contribution in [0.3, 0.4) is 0 Å². The van der Waals surface area contributed by atoms with Crippen molar-refractivity contribution in [3.8, 4) is 5.75 Å². The van der Waals surface area contributed by atoms with Crippen LogP contribution in [-0.4, -0.2) is 12.1 Å². The predicted octanol–water partition coefficient (Wildman–Crippen LogP) is 4.36. The monoisotopic (exact) mass is 356 g/mol. The third-order valence-corrected chi connectivity index (χ3v) is 3.81. The molecular weight excluding hydrogens is 342 g/mol. The van der Waals surface area contributed by atoms with Gasteiger partial charge in [-0.05, 0) is 35.8 Å².